The summed E-state index contributed by atoms with van der Waals surface area (Å²) in [5.41, 5.74) is 7.78. The number of hydrogen-bond donors (Lipinski definition) is 1. The van der Waals surface area contributed by atoms with Gasteiger partial charge in [0, 0.05) is 18.1 Å². The van der Waals surface area contributed by atoms with Crippen molar-refractivity contribution in [3.8, 4) is 17.1 Å². The van der Waals surface area contributed by atoms with Gasteiger partial charge in [0.25, 0.3) is 0 Å². The highest BCUT2D eigenvalue weighted by Gasteiger charge is 2.21. The Balaban J connectivity index is 2.05. The van der Waals surface area contributed by atoms with Crippen molar-refractivity contribution < 1.29 is 9.26 Å². The number of aromatic nitrogens is 2. The molecular weight excluding hydrogens is 206 g/mol. The molecule has 82 valence electrons. The number of nitrogens with zero attached hydrogens (tertiary/aromatic N) is 2. The van der Waals surface area contributed by atoms with E-state index >= 15 is 0 Å². The second kappa shape index (κ2) is 3.31. The Hall–Kier alpha value is -1.88. The average molecular weight is 217 g/mol. The van der Waals surface area contributed by atoms with Crippen molar-refractivity contribution >= 4 is 0 Å². The normalized spacial score (nSPS) is 18.2. The fourth-order valence-corrected chi connectivity index (χ4v) is 1.79. The minimum Gasteiger partial charge on any atom is -0.491 e. The monoisotopic (exact) mass is 217 g/mol. The number of fused-ring (bicyclic) bond motifs is 1. The van der Waals surface area contributed by atoms with Crippen molar-refractivity contribution in [1.29, 1.82) is 0 Å². The Morgan fingerprint density at radius 1 is 1.44 bits per heavy atom. The third kappa shape index (κ3) is 1.37. The highest BCUT2D eigenvalue weighted by Crippen LogP contribution is 2.33. The lowest BCUT2D eigenvalue weighted by Gasteiger charge is -2.01. The highest BCUT2D eigenvalue weighted by molar-refractivity contribution is 5.60. The average Bonchev–Trinajstić information content (AvgIpc) is 2.86. The number of ether oxygens (including phenoxy) is 1. The molecule has 5 heteroatoms. The summed E-state index contributed by atoms with van der Waals surface area (Å²) in [5.74, 6) is 1.94. The van der Waals surface area contributed by atoms with Gasteiger partial charge in [-0.25, -0.2) is 0 Å². The molecular formula is C11H11N3O2. The van der Waals surface area contributed by atoms with Gasteiger partial charge < -0.3 is 15.0 Å². The molecule has 1 aromatic heterocycles. The maximum atomic E-state index is 5.86. The van der Waals surface area contributed by atoms with Crippen molar-refractivity contribution in [2.24, 2.45) is 5.73 Å². The van der Waals surface area contributed by atoms with E-state index in [9.17, 15) is 0 Å². The molecule has 0 bridgehead atoms. The van der Waals surface area contributed by atoms with Crippen LogP contribution in [0.1, 0.15) is 17.5 Å². The van der Waals surface area contributed by atoms with Crippen LogP contribution in [0.3, 0.4) is 0 Å². The summed E-state index contributed by atoms with van der Waals surface area (Å²) in [6, 6.07) is 5.74. The van der Waals surface area contributed by atoms with Gasteiger partial charge in [0.15, 0.2) is 0 Å². The molecule has 1 aliphatic rings. The van der Waals surface area contributed by atoms with Gasteiger partial charge in [-0.2, -0.15) is 4.98 Å². The zero-order chi connectivity index (χ0) is 11.1. The Morgan fingerprint density at radius 3 is 3.06 bits per heavy atom. The quantitative estimate of drug-likeness (QED) is 0.782. The van der Waals surface area contributed by atoms with Crippen LogP contribution in [0, 0.1) is 6.92 Å². The Morgan fingerprint density at radius 2 is 2.31 bits per heavy atom. The molecule has 1 atom stereocenters. The number of nitrogens with two attached hydrogens (primary N) is 1. The second-order valence-electron chi connectivity index (χ2n) is 3.81. The summed E-state index contributed by atoms with van der Waals surface area (Å²) >= 11 is 0. The zero-order valence-corrected chi connectivity index (χ0v) is 8.80. The first-order valence-electron chi connectivity index (χ1n) is 5.07. The van der Waals surface area contributed by atoms with E-state index in [0.29, 0.717) is 18.3 Å². The lowest BCUT2D eigenvalue weighted by atomic mass is 10.1. The van der Waals surface area contributed by atoms with Crippen molar-refractivity contribution in [2.75, 3.05) is 6.61 Å². The molecule has 16 heavy (non-hydrogen) atoms. The predicted molar refractivity (Wildman–Crippen MR) is 56.9 cm³/mol. The van der Waals surface area contributed by atoms with Gasteiger partial charge in [0.05, 0.1) is 6.04 Å². The third-order valence-corrected chi connectivity index (χ3v) is 2.62. The minimum absolute atomic E-state index is 0.0314. The SMILES string of the molecule is Cc1nc(-c2ccc3c(c2)OC[C@H]3N)no1. The van der Waals surface area contributed by atoms with E-state index in [1.165, 1.54) is 0 Å². The van der Waals surface area contributed by atoms with Crippen molar-refractivity contribution in [3.63, 3.8) is 0 Å². The van der Waals surface area contributed by atoms with Crippen LogP contribution >= 0.6 is 0 Å². The zero-order valence-electron chi connectivity index (χ0n) is 8.80. The number of rotatable bonds is 1. The largest absolute Gasteiger partial charge is 0.491 e. The first-order chi connectivity index (χ1) is 7.74. The predicted octanol–water partition coefficient (Wildman–Crippen LogP) is 1.44. The molecule has 2 heterocycles. The van der Waals surface area contributed by atoms with Crippen LogP contribution < -0.4 is 10.5 Å². The first-order valence-corrected chi connectivity index (χ1v) is 5.07. The fraction of sp³-hybridized carbons (Fsp3) is 0.273. The Labute approximate surface area is 92.2 Å². The van der Waals surface area contributed by atoms with E-state index in [4.69, 9.17) is 15.0 Å². The molecule has 0 saturated carbocycles. The van der Waals surface area contributed by atoms with Gasteiger partial charge in [0.1, 0.15) is 12.4 Å². The van der Waals surface area contributed by atoms with Gasteiger partial charge in [-0.3, -0.25) is 0 Å². The molecule has 5 nitrogen and oxygen atoms in total. The van der Waals surface area contributed by atoms with Gasteiger partial charge in [-0.15, -0.1) is 0 Å². The molecule has 2 aromatic rings. The van der Waals surface area contributed by atoms with Gasteiger partial charge >= 0.3 is 0 Å². The Kier molecular flexibility index (Phi) is 1.94. The van der Waals surface area contributed by atoms with Gasteiger partial charge in [-0.05, 0) is 6.07 Å². The van der Waals surface area contributed by atoms with E-state index in [0.717, 1.165) is 16.9 Å². The smallest absolute Gasteiger partial charge is 0.223 e. The van der Waals surface area contributed by atoms with Crippen LogP contribution in [0.25, 0.3) is 11.4 Å². The van der Waals surface area contributed by atoms with E-state index in [-0.39, 0.29) is 6.04 Å². The van der Waals surface area contributed by atoms with Crippen molar-refractivity contribution in [2.45, 2.75) is 13.0 Å². The number of benzene rings is 1. The summed E-state index contributed by atoms with van der Waals surface area (Å²) in [6.07, 6.45) is 0. The van der Waals surface area contributed by atoms with E-state index in [1.54, 1.807) is 6.92 Å². The third-order valence-electron chi connectivity index (χ3n) is 2.62. The minimum atomic E-state index is -0.0314. The van der Waals surface area contributed by atoms with E-state index in [2.05, 4.69) is 10.1 Å². The molecule has 2 N–H and O–H groups in total. The topological polar surface area (TPSA) is 74.2 Å². The molecule has 0 radical (unpaired) electrons. The van der Waals surface area contributed by atoms with Crippen LogP contribution in [-0.2, 0) is 0 Å². The molecule has 3 rings (SSSR count). The Bertz CT molecular complexity index is 536. The highest BCUT2D eigenvalue weighted by atomic mass is 16.5. The molecule has 0 spiro atoms. The molecule has 0 saturated heterocycles. The maximum absolute atomic E-state index is 5.86. The van der Waals surface area contributed by atoms with Crippen LogP contribution in [0.4, 0.5) is 0 Å². The molecule has 1 aromatic carbocycles. The van der Waals surface area contributed by atoms with Gasteiger partial charge in [-0.1, -0.05) is 17.3 Å². The fourth-order valence-electron chi connectivity index (χ4n) is 1.79. The standard InChI is InChI=1S/C11H11N3O2/c1-6-13-11(14-16-6)7-2-3-8-9(12)5-15-10(8)4-7/h2-4,9H,5,12H2,1H3/t9-/m1/s1. The second-order valence-corrected chi connectivity index (χ2v) is 3.81. The van der Waals surface area contributed by atoms with Crippen LogP contribution in [0.15, 0.2) is 22.7 Å². The van der Waals surface area contributed by atoms with Gasteiger partial charge in [0.2, 0.25) is 11.7 Å². The van der Waals surface area contributed by atoms with E-state index < -0.39 is 0 Å². The lowest BCUT2D eigenvalue weighted by Crippen LogP contribution is -2.10. The van der Waals surface area contributed by atoms with Crippen LogP contribution in [0.5, 0.6) is 5.75 Å². The molecule has 0 unspecified atom stereocenters. The summed E-state index contributed by atoms with van der Waals surface area (Å²) in [5, 5.41) is 3.86. The number of aryl methyl sites for hydroxylation is 1. The lowest BCUT2D eigenvalue weighted by molar-refractivity contribution is 0.333. The van der Waals surface area contributed by atoms with Crippen LogP contribution in [-0.4, -0.2) is 16.7 Å². The van der Waals surface area contributed by atoms with Crippen LogP contribution in [0.2, 0.25) is 0 Å². The molecule has 0 fully saturated rings. The maximum Gasteiger partial charge on any atom is 0.223 e. The van der Waals surface area contributed by atoms with Crippen molar-refractivity contribution in [1.82, 2.24) is 10.1 Å². The molecule has 0 amide bonds. The summed E-state index contributed by atoms with van der Waals surface area (Å²) in [4.78, 5) is 4.16. The van der Waals surface area contributed by atoms with Crippen molar-refractivity contribution in [3.05, 3.63) is 29.7 Å². The summed E-state index contributed by atoms with van der Waals surface area (Å²) in [6.45, 7) is 2.29. The van der Waals surface area contributed by atoms with E-state index in [1.807, 2.05) is 18.2 Å². The summed E-state index contributed by atoms with van der Waals surface area (Å²) < 4.78 is 10.4. The first kappa shape index (κ1) is 9.35. The molecule has 0 aliphatic carbocycles. The number of hydrogen-bond acceptors (Lipinski definition) is 5. The summed E-state index contributed by atoms with van der Waals surface area (Å²) in [7, 11) is 0. The molecule has 1 aliphatic heterocycles.